The molecule has 5 nitrogen and oxygen atoms in total. The Labute approximate surface area is 153 Å². The molecule has 0 aliphatic carbocycles. The fourth-order valence-corrected chi connectivity index (χ4v) is 3.42. The van der Waals surface area contributed by atoms with Gasteiger partial charge in [-0.25, -0.2) is 17.5 Å². The average molecular weight is 404 g/mol. The van der Waals surface area contributed by atoms with Crippen LogP contribution in [-0.2, 0) is 10.0 Å². The molecule has 0 aromatic heterocycles. The molecule has 0 aliphatic rings. The molecular formula is C17H16F4N2O3S. The highest BCUT2D eigenvalue weighted by molar-refractivity contribution is 7.89. The average Bonchev–Trinajstić information content (AvgIpc) is 2.59. The summed E-state index contributed by atoms with van der Waals surface area (Å²) in [6, 6.07) is 9.09. The number of benzene rings is 2. The molecule has 27 heavy (non-hydrogen) atoms. The number of nitrogens with one attached hydrogen (secondary N) is 2. The molecule has 1 amide bonds. The lowest BCUT2D eigenvalue weighted by molar-refractivity contribution is -0.123. The first kappa shape index (κ1) is 20.8. The Morgan fingerprint density at radius 3 is 2.11 bits per heavy atom. The van der Waals surface area contributed by atoms with Crippen LogP contribution in [0.1, 0.15) is 28.9 Å². The van der Waals surface area contributed by atoms with Crippen LogP contribution in [-0.4, -0.2) is 27.0 Å². The van der Waals surface area contributed by atoms with Gasteiger partial charge < -0.3 is 5.32 Å². The van der Waals surface area contributed by atoms with Gasteiger partial charge in [0.1, 0.15) is 12.4 Å². The monoisotopic (exact) mass is 404 g/mol. The molecule has 0 saturated carbocycles. The van der Waals surface area contributed by atoms with E-state index >= 15 is 0 Å². The standard InChI is InChI=1S/C17H16F4N2O3S/c1-11(12-2-6-14(18)7-3-12)23-27(25,26)15-8-4-13(5-9-15)16(24)22-10-17(19,20)21/h2-9,11,23H,10H2,1H3,(H,22,24)/t11-/m1/s1. The summed E-state index contributed by atoms with van der Waals surface area (Å²) in [6.07, 6.45) is -4.54. The maximum absolute atomic E-state index is 12.9. The Morgan fingerprint density at radius 2 is 1.59 bits per heavy atom. The quantitative estimate of drug-likeness (QED) is 0.727. The van der Waals surface area contributed by atoms with Crippen molar-refractivity contribution in [1.82, 2.24) is 10.0 Å². The van der Waals surface area contributed by atoms with E-state index in [0.717, 1.165) is 24.3 Å². The van der Waals surface area contributed by atoms with E-state index in [0.29, 0.717) is 5.56 Å². The smallest absolute Gasteiger partial charge is 0.343 e. The Bertz CT molecular complexity index is 895. The predicted molar refractivity (Wildman–Crippen MR) is 90.0 cm³/mol. The molecule has 10 heteroatoms. The number of carbonyl (C=O) groups is 1. The van der Waals surface area contributed by atoms with Gasteiger partial charge in [0.15, 0.2) is 0 Å². The zero-order valence-electron chi connectivity index (χ0n) is 14.0. The van der Waals surface area contributed by atoms with Crippen LogP contribution >= 0.6 is 0 Å². The van der Waals surface area contributed by atoms with Gasteiger partial charge in [0.25, 0.3) is 5.91 Å². The fourth-order valence-electron chi connectivity index (χ4n) is 2.19. The lowest BCUT2D eigenvalue weighted by Gasteiger charge is -2.15. The largest absolute Gasteiger partial charge is 0.405 e. The molecule has 0 radical (unpaired) electrons. The molecule has 0 spiro atoms. The van der Waals surface area contributed by atoms with Crippen molar-refractivity contribution < 1.29 is 30.8 Å². The highest BCUT2D eigenvalue weighted by Gasteiger charge is 2.28. The van der Waals surface area contributed by atoms with Crippen molar-refractivity contribution in [3.05, 3.63) is 65.5 Å². The second-order valence-electron chi connectivity index (χ2n) is 5.72. The minimum atomic E-state index is -4.54. The first-order valence-electron chi connectivity index (χ1n) is 7.71. The Balaban J connectivity index is 2.08. The van der Waals surface area contributed by atoms with E-state index in [1.807, 2.05) is 0 Å². The summed E-state index contributed by atoms with van der Waals surface area (Å²) in [7, 11) is -3.95. The first-order valence-corrected chi connectivity index (χ1v) is 9.19. The number of hydrogen-bond donors (Lipinski definition) is 2. The van der Waals surface area contributed by atoms with Crippen molar-refractivity contribution in [2.24, 2.45) is 0 Å². The third-order valence-corrected chi connectivity index (χ3v) is 5.13. The van der Waals surface area contributed by atoms with Crippen LogP contribution in [0.2, 0.25) is 0 Å². The third-order valence-electron chi connectivity index (χ3n) is 3.58. The summed E-state index contributed by atoms with van der Waals surface area (Å²) in [6.45, 7) is 0.0896. The van der Waals surface area contributed by atoms with Crippen LogP contribution in [0.15, 0.2) is 53.4 Å². The SMILES string of the molecule is C[C@@H](NS(=O)(=O)c1ccc(C(=O)NCC(F)(F)F)cc1)c1ccc(F)cc1. The van der Waals surface area contributed by atoms with Crippen LogP contribution in [0.25, 0.3) is 0 Å². The zero-order valence-corrected chi connectivity index (χ0v) is 14.9. The molecule has 146 valence electrons. The van der Waals surface area contributed by atoms with Gasteiger partial charge in [-0.2, -0.15) is 13.2 Å². The third kappa shape index (κ3) is 6.04. The summed E-state index contributed by atoms with van der Waals surface area (Å²) in [5.41, 5.74) is 0.438. The van der Waals surface area contributed by atoms with Crippen LogP contribution < -0.4 is 10.0 Å². The number of hydrogen-bond acceptors (Lipinski definition) is 3. The van der Waals surface area contributed by atoms with E-state index < -0.39 is 40.5 Å². The highest BCUT2D eigenvalue weighted by Crippen LogP contribution is 2.18. The number of halogens is 4. The Hall–Kier alpha value is -2.46. The Morgan fingerprint density at radius 1 is 1.04 bits per heavy atom. The molecule has 2 aromatic carbocycles. The van der Waals surface area contributed by atoms with Crippen LogP contribution in [0, 0.1) is 5.82 Å². The number of rotatable bonds is 6. The normalized spacial score (nSPS) is 13.2. The molecule has 0 saturated heterocycles. The van der Waals surface area contributed by atoms with Crippen LogP contribution in [0.4, 0.5) is 17.6 Å². The summed E-state index contributed by atoms with van der Waals surface area (Å²) < 4.78 is 76.5. The summed E-state index contributed by atoms with van der Waals surface area (Å²) in [5, 5.41) is 1.70. The van der Waals surface area contributed by atoms with E-state index in [4.69, 9.17) is 0 Å². The molecule has 0 bridgehead atoms. The van der Waals surface area contributed by atoms with Crippen LogP contribution in [0.3, 0.4) is 0 Å². The predicted octanol–water partition coefficient (Wildman–Crippen LogP) is 3.16. The molecule has 2 N–H and O–H groups in total. The van der Waals surface area contributed by atoms with Gasteiger partial charge in [0.05, 0.1) is 4.90 Å². The molecule has 0 unspecified atom stereocenters. The van der Waals surface area contributed by atoms with Gasteiger partial charge in [-0.3, -0.25) is 4.79 Å². The maximum atomic E-state index is 12.9. The number of amides is 1. The van der Waals surface area contributed by atoms with Crippen molar-refractivity contribution in [2.45, 2.75) is 24.0 Å². The van der Waals surface area contributed by atoms with Gasteiger partial charge in [0.2, 0.25) is 10.0 Å². The number of sulfonamides is 1. The molecular weight excluding hydrogens is 388 g/mol. The van der Waals surface area contributed by atoms with E-state index in [-0.39, 0.29) is 10.5 Å². The first-order chi connectivity index (χ1) is 12.5. The van der Waals surface area contributed by atoms with Crippen LogP contribution in [0.5, 0.6) is 0 Å². The number of alkyl halides is 3. The molecule has 0 heterocycles. The van der Waals surface area contributed by atoms with Gasteiger partial charge in [-0.1, -0.05) is 12.1 Å². The van der Waals surface area contributed by atoms with Crippen molar-refractivity contribution in [1.29, 1.82) is 0 Å². The van der Waals surface area contributed by atoms with E-state index in [1.165, 1.54) is 24.3 Å². The topological polar surface area (TPSA) is 75.3 Å². The van der Waals surface area contributed by atoms with Gasteiger partial charge in [-0.05, 0) is 48.9 Å². The Kier molecular flexibility index (Phi) is 6.22. The van der Waals surface area contributed by atoms with Crippen molar-refractivity contribution >= 4 is 15.9 Å². The minimum absolute atomic E-state index is 0.107. The second-order valence-corrected chi connectivity index (χ2v) is 7.43. The summed E-state index contributed by atoms with van der Waals surface area (Å²) >= 11 is 0. The van der Waals surface area contributed by atoms with Gasteiger partial charge in [0, 0.05) is 11.6 Å². The molecule has 1 atom stereocenters. The molecule has 0 aliphatic heterocycles. The lowest BCUT2D eigenvalue weighted by atomic mass is 10.1. The lowest BCUT2D eigenvalue weighted by Crippen LogP contribution is -2.33. The highest BCUT2D eigenvalue weighted by atomic mass is 32.2. The fraction of sp³-hybridized carbons (Fsp3) is 0.235. The van der Waals surface area contributed by atoms with Gasteiger partial charge >= 0.3 is 6.18 Å². The minimum Gasteiger partial charge on any atom is -0.343 e. The van der Waals surface area contributed by atoms with E-state index in [9.17, 15) is 30.8 Å². The van der Waals surface area contributed by atoms with Crippen molar-refractivity contribution in [3.8, 4) is 0 Å². The molecule has 2 rings (SSSR count). The number of carbonyl (C=O) groups excluding carboxylic acids is 1. The summed E-state index contributed by atoms with van der Waals surface area (Å²) in [5.74, 6) is -1.42. The molecule has 2 aromatic rings. The zero-order chi connectivity index (χ0) is 20.2. The van der Waals surface area contributed by atoms with Crippen molar-refractivity contribution in [2.75, 3.05) is 6.54 Å². The van der Waals surface area contributed by atoms with Gasteiger partial charge in [-0.15, -0.1) is 0 Å². The van der Waals surface area contributed by atoms with E-state index in [2.05, 4.69) is 4.72 Å². The maximum Gasteiger partial charge on any atom is 0.405 e. The van der Waals surface area contributed by atoms with E-state index in [1.54, 1.807) is 12.2 Å². The summed E-state index contributed by atoms with van der Waals surface area (Å²) in [4.78, 5) is 11.5. The second kappa shape index (κ2) is 8.05. The van der Waals surface area contributed by atoms with Crippen molar-refractivity contribution in [3.63, 3.8) is 0 Å². The molecule has 0 fully saturated rings.